The number of halogens is 1. The molecule has 0 aliphatic heterocycles. The van der Waals surface area contributed by atoms with E-state index < -0.39 is 28.6 Å². The first-order valence-corrected chi connectivity index (χ1v) is 11.4. The van der Waals surface area contributed by atoms with E-state index in [4.69, 9.17) is 11.6 Å². The van der Waals surface area contributed by atoms with E-state index in [1.54, 1.807) is 17.9 Å². The number of carbonyl (C=O) groups excluding carboxylic acids is 1. The Hall–Kier alpha value is -3.40. The summed E-state index contributed by atoms with van der Waals surface area (Å²) in [6.45, 7) is 2.12. The molecule has 11 heteroatoms. The average molecular weight is 487 g/mol. The molecule has 180 valence electrons. The van der Waals surface area contributed by atoms with Gasteiger partial charge >= 0.3 is 0 Å². The summed E-state index contributed by atoms with van der Waals surface area (Å²) in [5.74, 6) is -0.907. The second kappa shape index (κ2) is 8.75. The highest BCUT2D eigenvalue weighted by Gasteiger charge is 2.42. The molecular formula is C23H27ClN6O4. The number of nitrogens with one attached hydrogen (secondary N) is 2. The number of hydrogen-bond donors (Lipinski definition) is 3. The Balaban J connectivity index is 1.70. The Bertz CT molecular complexity index is 1320. The molecule has 2 aromatic heterocycles. The van der Waals surface area contributed by atoms with E-state index >= 15 is 0 Å². The molecule has 0 spiro atoms. The Morgan fingerprint density at radius 2 is 1.88 bits per heavy atom. The van der Waals surface area contributed by atoms with Crippen LogP contribution < -0.4 is 21.5 Å². The summed E-state index contributed by atoms with van der Waals surface area (Å²) >= 11 is 6.47. The van der Waals surface area contributed by atoms with Crippen molar-refractivity contribution in [2.75, 3.05) is 24.7 Å². The molecule has 1 unspecified atom stereocenters. The van der Waals surface area contributed by atoms with Gasteiger partial charge in [-0.15, -0.1) is 0 Å². The molecule has 0 saturated heterocycles. The highest BCUT2D eigenvalue weighted by molar-refractivity contribution is 6.31. The lowest BCUT2D eigenvalue weighted by atomic mass is 9.78. The monoisotopic (exact) mass is 486 g/mol. The number of aryl methyl sites for hydroxylation is 1. The molecule has 1 fully saturated rings. The van der Waals surface area contributed by atoms with Crippen molar-refractivity contribution in [1.82, 2.24) is 19.7 Å². The molecule has 3 N–H and O–H groups in total. The van der Waals surface area contributed by atoms with Crippen molar-refractivity contribution in [2.24, 2.45) is 12.5 Å². The quantitative estimate of drug-likeness (QED) is 0.435. The van der Waals surface area contributed by atoms with E-state index in [-0.39, 0.29) is 28.2 Å². The number of hydrogen-bond acceptors (Lipinski definition) is 8. The summed E-state index contributed by atoms with van der Waals surface area (Å²) in [7, 11) is 4.84. The highest BCUT2D eigenvalue weighted by atomic mass is 35.5. The van der Waals surface area contributed by atoms with E-state index in [1.165, 1.54) is 31.3 Å². The summed E-state index contributed by atoms with van der Waals surface area (Å²) < 4.78 is 1.62. The zero-order chi connectivity index (χ0) is 24.8. The maximum Gasteiger partial charge on any atom is 0.275 e. The first kappa shape index (κ1) is 23.7. The Labute approximate surface area is 201 Å². The van der Waals surface area contributed by atoms with Crippen molar-refractivity contribution in [2.45, 2.75) is 38.6 Å². The third-order valence-electron chi connectivity index (χ3n) is 6.52. The van der Waals surface area contributed by atoms with Crippen LogP contribution in [0.5, 0.6) is 5.75 Å². The molecule has 1 saturated carbocycles. The van der Waals surface area contributed by atoms with Crippen molar-refractivity contribution in [3.63, 3.8) is 0 Å². The number of aromatic hydroxyl groups is 1. The lowest BCUT2D eigenvalue weighted by Crippen LogP contribution is -2.40. The van der Waals surface area contributed by atoms with Crippen LogP contribution in [0.1, 0.15) is 54.8 Å². The van der Waals surface area contributed by atoms with Crippen molar-refractivity contribution >= 4 is 34.6 Å². The molecule has 1 aliphatic rings. The molecular weight excluding hydrogens is 460 g/mol. The van der Waals surface area contributed by atoms with Crippen LogP contribution in [-0.4, -0.2) is 44.8 Å². The van der Waals surface area contributed by atoms with Crippen LogP contribution in [0.3, 0.4) is 0 Å². The Kier molecular flexibility index (Phi) is 6.11. The zero-order valence-corrected chi connectivity index (χ0v) is 20.2. The number of carbonyl (C=O) groups is 1. The van der Waals surface area contributed by atoms with Gasteiger partial charge in [-0.05, 0) is 24.3 Å². The van der Waals surface area contributed by atoms with E-state index in [2.05, 4.69) is 27.6 Å². The van der Waals surface area contributed by atoms with Gasteiger partial charge in [-0.25, -0.2) is 4.98 Å². The lowest BCUT2D eigenvalue weighted by Gasteiger charge is -2.35. The van der Waals surface area contributed by atoms with Crippen LogP contribution in [0.25, 0.3) is 0 Å². The SMILES string of the molecule is CN(C)C(=O)c1nccc(Nc2c(NC(c3nn(C)cc3Cl)C3(C)CCCC3)c(=O)c2=O)c1O. The van der Waals surface area contributed by atoms with Gasteiger partial charge in [0.2, 0.25) is 0 Å². The van der Waals surface area contributed by atoms with Crippen molar-refractivity contribution in [3.8, 4) is 5.75 Å². The minimum Gasteiger partial charge on any atom is -0.504 e. The molecule has 4 rings (SSSR count). The van der Waals surface area contributed by atoms with Crippen LogP contribution >= 0.6 is 11.6 Å². The van der Waals surface area contributed by atoms with Gasteiger partial charge < -0.3 is 20.6 Å². The Morgan fingerprint density at radius 3 is 2.47 bits per heavy atom. The van der Waals surface area contributed by atoms with Gasteiger partial charge in [0, 0.05) is 33.5 Å². The fourth-order valence-electron chi connectivity index (χ4n) is 4.57. The Morgan fingerprint density at radius 1 is 1.24 bits per heavy atom. The average Bonchev–Trinajstić information content (AvgIpc) is 3.38. The molecule has 2 heterocycles. The van der Waals surface area contributed by atoms with Crippen LogP contribution in [0.4, 0.5) is 17.1 Å². The summed E-state index contributed by atoms with van der Waals surface area (Å²) in [6, 6.07) is 1.03. The molecule has 1 amide bonds. The predicted octanol–water partition coefficient (Wildman–Crippen LogP) is 2.95. The molecule has 1 aromatic carbocycles. The topological polar surface area (TPSA) is 129 Å². The van der Waals surface area contributed by atoms with E-state index in [0.717, 1.165) is 25.7 Å². The summed E-state index contributed by atoms with van der Waals surface area (Å²) in [4.78, 5) is 42.6. The van der Waals surface area contributed by atoms with Gasteiger partial charge in [-0.3, -0.25) is 19.1 Å². The van der Waals surface area contributed by atoms with Crippen molar-refractivity contribution in [1.29, 1.82) is 0 Å². The molecule has 0 radical (unpaired) electrons. The molecule has 1 atom stereocenters. The number of aromatic nitrogens is 3. The highest BCUT2D eigenvalue weighted by Crippen LogP contribution is 2.49. The molecule has 1 aliphatic carbocycles. The van der Waals surface area contributed by atoms with Gasteiger partial charge in [-0.1, -0.05) is 31.4 Å². The number of nitrogens with zero attached hydrogens (tertiary/aromatic N) is 4. The van der Waals surface area contributed by atoms with Gasteiger partial charge in [0.1, 0.15) is 17.1 Å². The normalized spacial score (nSPS) is 15.9. The van der Waals surface area contributed by atoms with Crippen molar-refractivity contribution < 1.29 is 9.90 Å². The van der Waals surface area contributed by atoms with Crippen LogP contribution in [-0.2, 0) is 7.05 Å². The fraction of sp³-hybridized carbons (Fsp3) is 0.435. The largest absolute Gasteiger partial charge is 0.504 e. The second-order valence-electron chi connectivity index (χ2n) is 9.26. The molecule has 3 aromatic rings. The number of anilines is 3. The standard InChI is InChI=1S/C23H27ClN6O4/c1-23(8-5-6-9-23)21(14-12(24)11-30(4)28-14)27-16-15(19(32)20(16)33)26-13-7-10-25-17(18(13)31)22(34)29(2)3/h7,10-11,21,27,31H,5-6,8-9H2,1-4H3,(H,25,26). The summed E-state index contributed by atoms with van der Waals surface area (Å²) in [6.07, 6.45) is 6.96. The minimum atomic E-state index is -0.721. The maximum absolute atomic E-state index is 12.6. The summed E-state index contributed by atoms with van der Waals surface area (Å²) in [5, 5.41) is 21.6. The van der Waals surface area contributed by atoms with Gasteiger partial charge in [0.25, 0.3) is 16.8 Å². The van der Waals surface area contributed by atoms with Crippen molar-refractivity contribution in [3.05, 3.63) is 55.3 Å². The number of rotatable bonds is 7. The lowest BCUT2D eigenvalue weighted by molar-refractivity contribution is 0.0819. The predicted molar refractivity (Wildman–Crippen MR) is 130 cm³/mol. The second-order valence-corrected chi connectivity index (χ2v) is 9.67. The maximum atomic E-state index is 12.6. The van der Waals surface area contributed by atoms with Gasteiger partial charge in [0.15, 0.2) is 11.4 Å². The first-order chi connectivity index (χ1) is 16.0. The molecule has 34 heavy (non-hydrogen) atoms. The molecule has 10 nitrogen and oxygen atoms in total. The summed E-state index contributed by atoms with van der Waals surface area (Å²) in [5.41, 5.74) is -0.970. The fourth-order valence-corrected chi connectivity index (χ4v) is 4.86. The number of pyridine rings is 1. The zero-order valence-electron chi connectivity index (χ0n) is 19.5. The van der Waals surface area contributed by atoms with Gasteiger partial charge in [0.05, 0.1) is 16.8 Å². The van der Waals surface area contributed by atoms with Crippen LogP contribution in [0.15, 0.2) is 28.0 Å². The first-order valence-electron chi connectivity index (χ1n) is 11.0. The smallest absolute Gasteiger partial charge is 0.275 e. The van der Waals surface area contributed by atoms with E-state index in [0.29, 0.717) is 10.7 Å². The third-order valence-corrected chi connectivity index (χ3v) is 6.81. The van der Waals surface area contributed by atoms with E-state index in [9.17, 15) is 19.5 Å². The van der Waals surface area contributed by atoms with Gasteiger partial charge in [-0.2, -0.15) is 5.10 Å². The molecule has 0 bridgehead atoms. The third kappa shape index (κ3) is 4.02. The van der Waals surface area contributed by atoms with Crippen LogP contribution in [0, 0.1) is 5.41 Å². The van der Waals surface area contributed by atoms with E-state index in [1.807, 2.05) is 0 Å². The number of amides is 1. The minimum absolute atomic E-state index is 0.00778. The van der Waals surface area contributed by atoms with Crippen LogP contribution in [0.2, 0.25) is 5.02 Å².